The topological polar surface area (TPSA) is 42.4 Å². The number of aromatic nitrogens is 1. The maximum Gasteiger partial charge on any atom is 0.268 e. The minimum Gasteiger partial charge on any atom is -0.497 e. The van der Waals surface area contributed by atoms with Crippen molar-refractivity contribution in [2.75, 3.05) is 18.6 Å². The Labute approximate surface area is 168 Å². The van der Waals surface area contributed by atoms with Crippen LogP contribution in [0, 0.1) is 13.8 Å². The Hall–Kier alpha value is -2.92. The Bertz CT molecular complexity index is 1200. The van der Waals surface area contributed by atoms with E-state index in [0.29, 0.717) is 11.4 Å². The van der Waals surface area contributed by atoms with Gasteiger partial charge in [-0.25, -0.2) is 4.98 Å². The summed E-state index contributed by atoms with van der Waals surface area (Å²) in [5, 5.41) is 2.02. The molecule has 2 aromatic heterocycles. The number of benzene rings is 2. The van der Waals surface area contributed by atoms with E-state index in [9.17, 15) is 4.79 Å². The number of nitrogens with zero attached hydrogens (tertiary/aromatic N) is 2. The van der Waals surface area contributed by atoms with Crippen molar-refractivity contribution in [1.82, 2.24) is 4.98 Å². The smallest absolute Gasteiger partial charge is 0.268 e. The molecular weight excluding hydrogens is 368 g/mol. The van der Waals surface area contributed by atoms with Crippen LogP contribution >= 0.6 is 11.3 Å². The summed E-state index contributed by atoms with van der Waals surface area (Å²) in [6.45, 7) is 6.76. The molecule has 0 atom stereocenters. The third-order valence-electron chi connectivity index (χ3n) is 5.09. The highest BCUT2D eigenvalue weighted by Crippen LogP contribution is 2.31. The normalized spacial score (nSPS) is 11.1. The van der Waals surface area contributed by atoms with Crippen LogP contribution in [0.15, 0.2) is 48.5 Å². The number of ether oxygens (including phenoxy) is 1. The quantitative estimate of drug-likeness (QED) is 0.446. The van der Waals surface area contributed by atoms with E-state index < -0.39 is 0 Å². The molecular formula is C23H22N2O2S. The molecule has 4 rings (SSSR count). The fraction of sp³-hybridized carbons (Fsp3) is 0.217. The molecule has 142 valence electrons. The van der Waals surface area contributed by atoms with Gasteiger partial charge in [-0.15, -0.1) is 11.3 Å². The number of carbonyl (C=O) groups excluding carboxylic acids is 1. The van der Waals surface area contributed by atoms with Crippen molar-refractivity contribution >= 4 is 44.1 Å². The number of thiophene rings is 1. The number of pyridine rings is 1. The summed E-state index contributed by atoms with van der Waals surface area (Å²) in [5.41, 5.74) is 4.20. The zero-order chi connectivity index (χ0) is 19.8. The summed E-state index contributed by atoms with van der Waals surface area (Å²) in [5.74, 6) is 0.787. The fourth-order valence-corrected chi connectivity index (χ4v) is 4.28. The van der Waals surface area contributed by atoms with E-state index in [-0.39, 0.29) is 5.91 Å². The number of rotatable bonds is 4. The number of aryl methyl sites for hydroxylation is 2. The van der Waals surface area contributed by atoms with Crippen molar-refractivity contribution < 1.29 is 9.53 Å². The highest BCUT2D eigenvalue weighted by atomic mass is 32.1. The van der Waals surface area contributed by atoms with Crippen molar-refractivity contribution in [3.8, 4) is 5.75 Å². The van der Waals surface area contributed by atoms with Gasteiger partial charge >= 0.3 is 0 Å². The maximum absolute atomic E-state index is 13.2. The monoisotopic (exact) mass is 390 g/mol. The van der Waals surface area contributed by atoms with Gasteiger partial charge < -0.3 is 9.64 Å². The Morgan fingerprint density at radius 2 is 1.86 bits per heavy atom. The van der Waals surface area contributed by atoms with Gasteiger partial charge in [0.05, 0.1) is 17.5 Å². The molecule has 0 bridgehead atoms. The minimum absolute atomic E-state index is 0.00962. The van der Waals surface area contributed by atoms with Gasteiger partial charge in [0.15, 0.2) is 0 Å². The van der Waals surface area contributed by atoms with Crippen LogP contribution in [-0.4, -0.2) is 24.5 Å². The van der Waals surface area contributed by atoms with E-state index in [4.69, 9.17) is 9.72 Å². The van der Waals surface area contributed by atoms with E-state index >= 15 is 0 Å². The standard InChI is InChI=1S/C23H22N2O2S/c1-5-25(18-8-6-14(2)15(3)10-18)23(26)21-12-17-11-16-7-9-19(27-4)13-20(16)24-22(17)28-21/h6-13H,5H2,1-4H3. The SMILES string of the molecule is CCN(C(=O)c1cc2cc3ccc(OC)cc3nc2s1)c1ccc(C)c(C)c1. The lowest BCUT2D eigenvalue weighted by Gasteiger charge is -2.21. The Morgan fingerprint density at radius 1 is 1.04 bits per heavy atom. The van der Waals surface area contributed by atoms with Gasteiger partial charge in [-0.3, -0.25) is 4.79 Å². The van der Waals surface area contributed by atoms with Gasteiger partial charge in [0.1, 0.15) is 10.6 Å². The molecule has 0 saturated heterocycles. The molecule has 2 heterocycles. The van der Waals surface area contributed by atoms with Gasteiger partial charge in [-0.2, -0.15) is 0 Å². The first kappa shape index (κ1) is 18.4. The number of fused-ring (bicyclic) bond motifs is 2. The average Bonchev–Trinajstić information content (AvgIpc) is 3.11. The first-order valence-electron chi connectivity index (χ1n) is 9.27. The summed E-state index contributed by atoms with van der Waals surface area (Å²) in [6, 6.07) is 16.0. The van der Waals surface area contributed by atoms with E-state index in [2.05, 4.69) is 32.0 Å². The Kier molecular flexibility index (Phi) is 4.77. The summed E-state index contributed by atoms with van der Waals surface area (Å²) < 4.78 is 5.29. The second kappa shape index (κ2) is 7.24. The zero-order valence-electron chi connectivity index (χ0n) is 16.4. The number of hydrogen-bond acceptors (Lipinski definition) is 4. The molecule has 28 heavy (non-hydrogen) atoms. The van der Waals surface area contributed by atoms with Gasteiger partial charge in [-0.05, 0) is 68.3 Å². The molecule has 0 aliphatic carbocycles. The lowest BCUT2D eigenvalue weighted by atomic mass is 10.1. The second-order valence-corrected chi connectivity index (χ2v) is 7.90. The number of amides is 1. The average molecular weight is 391 g/mol. The van der Waals surface area contributed by atoms with Crippen LogP contribution in [0.1, 0.15) is 27.7 Å². The number of anilines is 1. The lowest BCUT2D eigenvalue weighted by molar-refractivity contribution is 0.0992. The second-order valence-electron chi connectivity index (χ2n) is 6.87. The number of hydrogen-bond donors (Lipinski definition) is 0. The largest absolute Gasteiger partial charge is 0.497 e. The van der Waals surface area contributed by atoms with Crippen molar-refractivity contribution in [3.63, 3.8) is 0 Å². The summed E-state index contributed by atoms with van der Waals surface area (Å²) >= 11 is 1.44. The molecule has 0 fully saturated rings. The molecule has 0 spiro atoms. The first-order valence-corrected chi connectivity index (χ1v) is 10.1. The molecule has 0 aliphatic heterocycles. The van der Waals surface area contributed by atoms with E-state index in [1.807, 2.05) is 42.2 Å². The molecule has 4 aromatic rings. The highest BCUT2D eigenvalue weighted by molar-refractivity contribution is 7.20. The third kappa shape index (κ3) is 3.22. The predicted molar refractivity (Wildman–Crippen MR) is 117 cm³/mol. The van der Waals surface area contributed by atoms with Crippen molar-refractivity contribution in [1.29, 1.82) is 0 Å². The Balaban J connectivity index is 1.75. The molecule has 5 heteroatoms. The number of carbonyl (C=O) groups is 1. The van der Waals surface area contributed by atoms with Crippen molar-refractivity contribution in [3.05, 3.63) is 64.5 Å². The molecule has 4 nitrogen and oxygen atoms in total. The molecule has 0 radical (unpaired) electrons. The van der Waals surface area contributed by atoms with Crippen LogP contribution in [0.4, 0.5) is 5.69 Å². The summed E-state index contributed by atoms with van der Waals surface area (Å²) in [7, 11) is 1.65. The van der Waals surface area contributed by atoms with Crippen LogP contribution < -0.4 is 9.64 Å². The van der Waals surface area contributed by atoms with E-state index in [0.717, 1.165) is 32.6 Å². The fourth-order valence-electron chi connectivity index (χ4n) is 3.31. The van der Waals surface area contributed by atoms with Crippen molar-refractivity contribution in [2.24, 2.45) is 0 Å². The molecule has 0 unspecified atom stereocenters. The van der Waals surface area contributed by atoms with Crippen LogP contribution in [-0.2, 0) is 0 Å². The Morgan fingerprint density at radius 3 is 2.57 bits per heavy atom. The molecule has 0 aliphatic rings. The van der Waals surface area contributed by atoms with Crippen molar-refractivity contribution in [2.45, 2.75) is 20.8 Å². The van der Waals surface area contributed by atoms with Gasteiger partial charge in [-0.1, -0.05) is 6.07 Å². The molecule has 0 saturated carbocycles. The predicted octanol–water partition coefficient (Wildman–Crippen LogP) is 5.74. The third-order valence-corrected chi connectivity index (χ3v) is 6.12. The molecule has 0 N–H and O–H groups in total. The summed E-state index contributed by atoms with van der Waals surface area (Å²) in [4.78, 5) is 21.3. The van der Waals surface area contributed by atoms with E-state index in [1.165, 1.54) is 22.5 Å². The highest BCUT2D eigenvalue weighted by Gasteiger charge is 2.19. The maximum atomic E-state index is 13.2. The molecule has 2 aromatic carbocycles. The van der Waals surface area contributed by atoms with Crippen LogP contribution in [0.5, 0.6) is 5.75 Å². The van der Waals surface area contributed by atoms with Gasteiger partial charge in [0.2, 0.25) is 0 Å². The van der Waals surface area contributed by atoms with Gasteiger partial charge in [0, 0.05) is 29.1 Å². The lowest BCUT2D eigenvalue weighted by Crippen LogP contribution is -2.30. The minimum atomic E-state index is 0.00962. The van der Waals surface area contributed by atoms with E-state index in [1.54, 1.807) is 7.11 Å². The van der Waals surface area contributed by atoms with Gasteiger partial charge in [0.25, 0.3) is 5.91 Å². The first-order chi connectivity index (χ1) is 13.5. The summed E-state index contributed by atoms with van der Waals surface area (Å²) in [6.07, 6.45) is 0. The zero-order valence-corrected chi connectivity index (χ0v) is 17.3. The van der Waals surface area contributed by atoms with Crippen LogP contribution in [0.2, 0.25) is 0 Å². The van der Waals surface area contributed by atoms with Crippen LogP contribution in [0.25, 0.3) is 21.1 Å². The number of methoxy groups -OCH3 is 1. The molecule has 1 amide bonds. The van der Waals surface area contributed by atoms with Crippen LogP contribution in [0.3, 0.4) is 0 Å².